The first-order chi connectivity index (χ1) is 7.24. The van der Waals surface area contributed by atoms with E-state index in [0.717, 1.165) is 17.7 Å². The van der Waals surface area contributed by atoms with E-state index >= 15 is 0 Å². The minimum Gasteiger partial charge on any atom is -0.254 e. The molecule has 1 rings (SSSR count). The van der Waals surface area contributed by atoms with E-state index < -0.39 is 10.8 Å². The number of halogens is 1. The Kier molecular flexibility index (Phi) is 5.54. The SMILES string of the molecule is CCCCCCS(=O)c1ccc(F)cc1. The van der Waals surface area contributed by atoms with E-state index in [1.165, 1.54) is 25.0 Å². The zero-order valence-electron chi connectivity index (χ0n) is 9.04. The number of hydrogen-bond acceptors (Lipinski definition) is 1. The molecule has 0 amide bonds. The van der Waals surface area contributed by atoms with E-state index in [2.05, 4.69) is 6.92 Å². The molecule has 3 heteroatoms. The van der Waals surface area contributed by atoms with E-state index in [0.29, 0.717) is 5.75 Å². The number of unbranched alkanes of at least 4 members (excludes halogenated alkanes) is 3. The summed E-state index contributed by atoms with van der Waals surface area (Å²) in [4.78, 5) is 0.730. The second-order valence-electron chi connectivity index (χ2n) is 3.56. The lowest BCUT2D eigenvalue weighted by molar-refractivity contribution is 0.626. The maximum atomic E-state index is 12.6. The van der Waals surface area contributed by atoms with E-state index in [4.69, 9.17) is 0 Å². The van der Waals surface area contributed by atoms with Crippen LogP contribution < -0.4 is 0 Å². The minimum atomic E-state index is -0.962. The molecule has 1 unspecified atom stereocenters. The zero-order chi connectivity index (χ0) is 11.1. The van der Waals surface area contributed by atoms with Gasteiger partial charge in [0.25, 0.3) is 0 Å². The van der Waals surface area contributed by atoms with Crippen molar-refractivity contribution in [1.29, 1.82) is 0 Å². The first-order valence-corrected chi connectivity index (χ1v) is 6.70. The van der Waals surface area contributed by atoms with Crippen LogP contribution in [-0.2, 0) is 10.8 Å². The minimum absolute atomic E-state index is 0.276. The maximum absolute atomic E-state index is 12.6. The first kappa shape index (κ1) is 12.4. The molecule has 1 aromatic rings. The van der Waals surface area contributed by atoms with Crippen molar-refractivity contribution in [3.05, 3.63) is 30.1 Å². The monoisotopic (exact) mass is 228 g/mol. The molecule has 0 saturated carbocycles. The molecule has 15 heavy (non-hydrogen) atoms. The van der Waals surface area contributed by atoms with Gasteiger partial charge in [0, 0.05) is 10.6 Å². The molecule has 84 valence electrons. The Balaban J connectivity index is 2.37. The Morgan fingerprint density at radius 1 is 1.13 bits per heavy atom. The lowest BCUT2D eigenvalue weighted by atomic mass is 10.2. The molecular weight excluding hydrogens is 211 g/mol. The molecule has 0 heterocycles. The highest BCUT2D eigenvalue weighted by molar-refractivity contribution is 7.85. The van der Waals surface area contributed by atoms with Gasteiger partial charge >= 0.3 is 0 Å². The maximum Gasteiger partial charge on any atom is 0.123 e. The quantitative estimate of drug-likeness (QED) is 0.681. The van der Waals surface area contributed by atoms with Crippen molar-refractivity contribution in [3.8, 4) is 0 Å². The average molecular weight is 228 g/mol. The van der Waals surface area contributed by atoms with Gasteiger partial charge < -0.3 is 0 Å². The molecule has 0 aliphatic carbocycles. The Bertz CT molecular complexity index is 308. The fourth-order valence-corrected chi connectivity index (χ4v) is 2.51. The summed E-state index contributed by atoms with van der Waals surface area (Å²) >= 11 is 0. The highest BCUT2D eigenvalue weighted by Gasteiger charge is 2.03. The second-order valence-corrected chi connectivity index (χ2v) is 5.13. The van der Waals surface area contributed by atoms with Crippen LogP contribution in [0.4, 0.5) is 4.39 Å². The second kappa shape index (κ2) is 6.72. The van der Waals surface area contributed by atoms with E-state index in [9.17, 15) is 8.60 Å². The van der Waals surface area contributed by atoms with Crippen molar-refractivity contribution in [2.75, 3.05) is 5.75 Å². The molecular formula is C12H17FOS. The van der Waals surface area contributed by atoms with Crippen LogP contribution in [0.25, 0.3) is 0 Å². The fourth-order valence-electron chi connectivity index (χ4n) is 1.36. The molecule has 1 nitrogen and oxygen atoms in total. The summed E-state index contributed by atoms with van der Waals surface area (Å²) in [5.41, 5.74) is 0. The largest absolute Gasteiger partial charge is 0.254 e. The zero-order valence-corrected chi connectivity index (χ0v) is 9.86. The van der Waals surface area contributed by atoms with E-state index in [-0.39, 0.29) is 5.82 Å². The summed E-state index contributed by atoms with van der Waals surface area (Å²) in [5, 5.41) is 0. The lowest BCUT2D eigenvalue weighted by Gasteiger charge is -2.01. The highest BCUT2D eigenvalue weighted by atomic mass is 32.2. The topological polar surface area (TPSA) is 17.1 Å². The van der Waals surface area contributed by atoms with Crippen molar-refractivity contribution in [2.45, 2.75) is 37.5 Å². The molecule has 1 aromatic carbocycles. The normalized spacial score (nSPS) is 12.7. The average Bonchev–Trinajstić information content (AvgIpc) is 2.25. The Labute approximate surface area is 93.2 Å². The van der Waals surface area contributed by atoms with Gasteiger partial charge in [-0.1, -0.05) is 26.2 Å². The Hall–Kier alpha value is -0.700. The standard InChI is InChI=1S/C12H17FOS/c1-2-3-4-5-10-15(14)12-8-6-11(13)7-9-12/h6-9H,2-5,10H2,1H3. The molecule has 0 aromatic heterocycles. The van der Waals surface area contributed by atoms with Gasteiger partial charge in [-0.2, -0.15) is 0 Å². The van der Waals surface area contributed by atoms with Crippen LogP contribution >= 0.6 is 0 Å². The van der Waals surface area contributed by atoms with Gasteiger partial charge in [-0.25, -0.2) is 4.39 Å². The Morgan fingerprint density at radius 2 is 1.80 bits per heavy atom. The third-order valence-electron chi connectivity index (χ3n) is 2.26. The number of hydrogen-bond donors (Lipinski definition) is 0. The number of benzene rings is 1. The van der Waals surface area contributed by atoms with Gasteiger partial charge in [0.15, 0.2) is 0 Å². The summed E-state index contributed by atoms with van der Waals surface area (Å²) in [6, 6.07) is 5.93. The fraction of sp³-hybridized carbons (Fsp3) is 0.500. The van der Waals surface area contributed by atoms with Crippen LogP contribution in [-0.4, -0.2) is 9.96 Å². The lowest BCUT2D eigenvalue weighted by Crippen LogP contribution is -1.98. The van der Waals surface area contributed by atoms with Crippen LogP contribution in [0.5, 0.6) is 0 Å². The predicted molar refractivity (Wildman–Crippen MR) is 61.8 cm³/mol. The van der Waals surface area contributed by atoms with Crippen LogP contribution in [0.3, 0.4) is 0 Å². The molecule has 0 aliphatic heterocycles. The molecule has 0 saturated heterocycles. The van der Waals surface area contributed by atoms with Crippen molar-refractivity contribution < 1.29 is 8.60 Å². The van der Waals surface area contributed by atoms with Gasteiger partial charge in [0.2, 0.25) is 0 Å². The van der Waals surface area contributed by atoms with Crippen LogP contribution in [0.15, 0.2) is 29.2 Å². The van der Waals surface area contributed by atoms with Crippen molar-refractivity contribution in [1.82, 2.24) is 0 Å². The summed E-state index contributed by atoms with van der Waals surface area (Å²) in [6.07, 6.45) is 4.49. The van der Waals surface area contributed by atoms with Crippen molar-refractivity contribution >= 4 is 10.8 Å². The van der Waals surface area contributed by atoms with Gasteiger partial charge in [-0.15, -0.1) is 0 Å². The molecule has 0 aliphatic rings. The molecule has 0 radical (unpaired) electrons. The molecule has 0 spiro atoms. The third-order valence-corrected chi connectivity index (χ3v) is 3.72. The van der Waals surface area contributed by atoms with Crippen LogP contribution in [0.2, 0.25) is 0 Å². The Morgan fingerprint density at radius 3 is 2.40 bits per heavy atom. The summed E-state index contributed by atoms with van der Waals surface area (Å²) in [7, 11) is -0.962. The predicted octanol–water partition coefficient (Wildman–Crippen LogP) is 3.51. The smallest absolute Gasteiger partial charge is 0.123 e. The number of rotatable bonds is 6. The first-order valence-electron chi connectivity index (χ1n) is 5.38. The molecule has 0 bridgehead atoms. The molecule has 0 N–H and O–H groups in total. The van der Waals surface area contributed by atoms with Crippen molar-refractivity contribution in [2.24, 2.45) is 0 Å². The van der Waals surface area contributed by atoms with E-state index in [1.807, 2.05) is 0 Å². The summed E-state index contributed by atoms with van der Waals surface area (Å²) < 4.78 is 24.3. The van der Waals surface area contributed by atoms with Gasteiger partial charge in [-0.3, -0.25) is 4.21 Å². The van der Waals surface area contributed by atoms with Gasteiger partial charge in [-0.05, 0) is 30.7 Å². The molecule has 1 atom stereocenters. The van der Waals surface area contributed by atoms with E-state index in [1.54, 1.807) is 12.1 Å². The van der Waals surface area contributed by atoms with Crippen LogP contribution in [0, 0.1) is 5.82 Å². The molecule has 0 fully saturated rings. The van der Waals surface area contributed by atoms with Gasteiger partial charge in [0.05, 0.1) is 10.8 Å². The van der Waals surface area contributed by atoms with Gasteiger partial charge in [0.1, 0.15) is 5.82 Å². The highest BCUT2D eigenvalue weighted by Crippen LogP contribution is 2.10. The summed E-state index contributed by atoms with van der Waals surface area (Å²) in [6.45, 7) is 2.15. The van der Waals surface area contributed by atoms with Crippen LogP contribution in [0.1, 0.15) is 32.6 Å². The van der Waals surface area contributed by atoms with Crippen molar-refractivity contribution in [3.63, 3.8) is 0 Å². The third kappa shape index (κ3) is 4.56. The summed E-state index contributed by atoms with van der Waals surface area (Å²) in [5.74, 6) is 0.410.